The lowest BCUT2D eigenvalue weighted by atomic mass is 10.1. The van der Waals surface area contributed by atoms with Crippen LogP contribution in [0.15, 0.2) is 78.4 Å². The highest BCUT2D eigenvalue weighted by molar-refractivity contribution is 7.20. The summed E-state index contributed by atoms with van der Waals surface area (Å²) in [6.45, 7) is 6.26. The van der Waals surface area contributed by atoms with Crippen LogP contribution in [-0.2, 0) is 13.0 Å². The van der Waals surface area contributed by atoms with E-state index in [1.807, 2.05) is 13.0 Å². The molecule has 1 heterocycles. The summed E-state index contributed by atoms with van der Waals surface area (Å²) in [5, 5.41) is 24.8. The number of nitrogens with zero attached hydrogens (tertiary/aromatic N) is 2. The number of amides is 1. The molecule has 0 bridgehead atoms. The van der Waals surface area contributed by atoms with Gasteiger partial charge in [-0.3, -0.25) is 14.9 Å². The van der Waals surface area contributed by atoms with E-state index in [1.165, 1.54) is 41.8 Å². The number of aromatic carboxylic acids is 1. The van der Waals surface area contributed by atoms with Crippen molar-refractivity contribution >= 4 is 45.2 Å². The maximum absolute atomic E-state index is 12.7. The third kappa shape index (κ3) is 6.69. The zero-order chi connectivity index (χ0) is 28.6. The minimum Gasteiger partial charge on any atom is -0.490 e. The van der Waals surface area contributed by atoms with Crippen molar-refractivity contribution in [2.45, 2.75) is 20.0 Å². The molecule has 2 N–H and O–H groups in total. The largest absolute Gasteiger partial charge is 0.490 e. The molecule has 0 fully saturated rings. The Labute approximate surface area is 233 Å². The van der Waals surface area contributed by atoms with Gasteiger partial charge in [-0.25, -0.2) is 10.2 Å². The van der Waals surface area contributed by atoms with Crippen LogP contribution in [0.1, 0.15) is 43.6 Å². The molecular formula is C29H25N3O7S. The predicted octanol–water partition coefficient (Wildman–Crippen LogP) is 5.98. The first-order chi connectivity index (χ1) is 19.3. The van der Waals surface area contributed by atoms with Gasteiger partial charge in [-0.2, -0.15) is 5.10 Å². The fraction of sp³-hybridized carbons (Fsp3) is 0.138. The van der Waals surface area contributed by atoms with Gasteiger partial charge in [0.25, 0.3) is 11.6 Å². The number of ether oxygens (including phenoxy) is 2. The number of benzene rings is 3. The van der Waals surface area contributed by atoms with E-state index in [2.05, 4.69) is 17.1 Å². The quantitative estimate of drug-likeness (QED) is 0.0942. The van der Waals surface area contributed by atoms with E-state index < -0.39 is 16.8 Å². The molecule has 0 unspecified atom stereocenters. The van der Waals surface area contributed by atoms with Gasteiger partial charge < -0.3 is 14.6 Å². The second-order valence-electron chi connectivity index (χ2n) is 8.51. The lowest BCUT2D eigenvalue weighted by Crippen LogP contribution is -2.16. The number of rotatable bonds is 12. The molecule has 0 aliphatic carbocycles. The minimum atomic E-state index is -0.997. The molecule has 1 aromatic heterocycles. The van der Waals surface area contributed by atoms with Crippen molar-refractivity contribution in [2.24, 2.45) is 5.10 Å². The number of non-ortho nitro benzene ring substituents is 1. The molecular weight excluding hydrogens is 534 g/mol. The summed E-state index contributed by atoms with van der Waals surface area (Å²) in [5.41, 5.74) is 4.89. The smallest absolute Gasteiger partial charge is 0.335 e. The van der Waals surface area contributed by atoms with Crippen molar-refractivity contribution < 1.29 is 29.1 Å². The Morgan fingerprint density at radius 1 is 1.12 bits per heavy atom. The molecule has 10 nitrogen and oxygen atoms in total. The zero-order valence-electron chi connectivity index (χ0n) is 21.5. The molecule has 4 rings (SSSR count). The van der Waals surface area contributed by atoms with Gasteiger partial charge in [0.05, 0.1) is 28.2 Å². The molecule has 0 aliphatic rings. The van der Waals surface area contributed by atoms with Crippen LogP contribution in [-0.4, -0.2) is 34.7 Å². The molecule has 1 amide bonds. The van der Waals surface area contributed by atoms with Crippen LogP contribution < -0.4 is 14.9 Å². The van der Waals surface area contributed by atoms with Crippen LogP contribution in [0.3, 0.4) is 0 Å². The highest BCUT2D eigenvalue weighted by Gasteiger charge is 2.15. The van der Waals surface area contributed by atoms with Crippen molar-refractivity contribution in [3.63, 3.8) is 0 Å². The number of fused-ring (bicyclic) bond motifs is 1. The molecule has 0 atom stereocenters. The summed E-state index contributed by atoms with van der Waals surface area (Å²) >= 11 is 1.21. The van der Waals surface area contributed by atoms with Crippen molar-refractivity contribution in [3.05, 3.63) is 111 Å². The second-order valence-corrected chi connectivity index (χ2v) is 9.60. The monoisotopic (exact) mass is 559 g/mol. The Balaban J connectivity index is 1.51. The highest BCUT2D eigenvalue weighted by atomic mass is 32.1. The van der Waals surface area contributed by atoms with Gasteiger partial charge in [0, 0.05) is 27.8 Å². The fourth-order valence-electron chi connectivity index (χ4n) is 3.87. The van der Waals surface area contributed by atoms with Gasteiger partial charge in [0.1, 0.15) is 6.61 Å². The number of hydrogen-bond donors (Lipinski definition) is 2. The number of nitrogens with one attached hydrogen (secondary N) is 1. The SMILES string of the molecule is C=CCc1cc(/C=N\NC(=O)c2cc3cc([N+](=O)[O-])ccc3s2)cc(OCC)c1OCc1ccc(C(=O)O)cc1. The van der Waals surface area contributed by atoms with Gasteiger partial charge >= 0.3 is 5.97 Å². The molecule has 0 saturated carbocycles. The van der Waals surface area contributed by atoms with Crippen LogP contribution in [0.25, 0.3) is 10.1 Å². The lowest BCUT2D eigenvalue weighted by Gasteiger charge is -2.17. The van der Waals surface area contributed by atoms with Crippen LogP contribution in [0.5, 0.6) is 11.5 Å². The van der Waals surface area contributed by atoms with Gasteiger partial charge in [-0.1, -0.05) is 18.2 Å². The normalized spacial score (nSPS) is 10.9. The van der Waals surface area contributed by atoms with Gasteiger partial charge in [-0.15, -0.1) is 17.9 Å². The Morgan fingerprint density at radius 2 is 1.90 bits per heavy atom. The minimum absolute atomic E-state index is 0.0424. The number of carboxylic acids is 1. The number of carbonyl (C=O) groups is 2. The van der Waals surface area contributed by atoms with Crippen LogP contribution >= 0.6 is 11.3 Å². The van der Waals surface area contributed by atoms with E-state index in [-0.39, 0.29) is 17.9 Å². The van der Waals surface area contributed by atoms with Crippen molar-refractivity contribution in [1.82, 2.24) is 5.43 Å². The summed E-state index contributed by atoms with van der Waals surface area (Å²) in [4.78, 5) is 34.7. The standard InChI is InChI=1S/C29H25N3O7S/c1-3-5-21-12-19(13-24(38-4-2)27(21)39-17-18-6-8-20(9-7-18)29(34)35)16-30-31-28(33)26-15-22-14-23(32(36)37)10-11-25(22)40-26/h3,6-16H,1,4-5,17H2,2H3,(H,31,33)(H,34,35)/b30-16-. The number of thiophene rings is 1. The topological polar surface area (TPSA) is 140 Å². The van der Waals surface area contributed by atoms with E-state index in [4.69, 9.17) is 14.6 Å². The average molecular weight is 560 g/mol. The molecule has 204 valence electrons. The summed E-state index contributed by atoms with van der Waals surface area (Å²) in [7, 11) is 0. The van der Waals surface area contributed by atoms with Crippen molar-refractivity contribution in [3.8, 4) is 11.5 Å². The van der Waals surface area contributed by atoms with E-state index in [9.17, 15) is 19.7 Å². The lowest BCUT2D eigenvalue weighted by molar-refractivity contribution is -0.384. The maximum atomic E-state index is 12.7. The first-order valence-electron chi connectivity index (χ1n) is 12.2. The summed E-state index contributed by atoms with van der Waals surface area (Å²) in [6, 6.07) is 16.1. The molecule has 0 aliphatic heterocycles. The molecule has 40 heavy (non-hydrogen) atoms. The molecule has 0 saturated heterocycles. The zero-order valence-corrected chi connectivity index (χ0v) is 22.3. The van der Waals surface area contributed by atoms with Crippen LogP contribution in [0, 0.1) is 10.1 Å². The number of nitro groups is 1. The van der Waals surface area contributed by atoms with Crippen LogP contribution in [0.4, 0.5) is 5.69 Å². The number of carboxylic acid groups (broad SMARTS) is 1. The van der Waals surface area contributed by atoms with E-state index in [0.29, 0.717) is 40.4 Å². The Morgan fingerprint density at radius 3 is 2.58 bits per heavy atom. The average Bonchev–Trinajstić information content (AvgIpc) is 3.37. The van der Waals surface area contributed by atoms with E-state index in [1.54, 1.807) is 36.4 Å². The fourth-order valence-corrected chi connectivity index (χ4v) is 4.80. The Bertz CT molecular complexity index is 1610. The summed E-state index contributed by atoms with van der Waals surface area (Å²) in [6.07, 6.45) is 3.70. The van der Waals surface area contributed by atoms with Crippen molar-refractivity contribution in [1.29, 1.82) is 0 Å². The Kier molecular flexibility index (Phi) is 8.87. The molecule has 3 aromatic carbocycles. The van der Waals surface area contributed by atoms with Gasteiger partial charge in [0.2, 0.25) is 0 Å². The number of hydrogen-bond acceptors (Lipinski definition) is 8. The molecule has 0 radical (unpaired) electrons. The number of hydrazone groups is 1. The van der Waals surface area contributed by atoms with Gasteiger partial charge in [0.15, 0.2) is 11.5 Å². The summed E-state index contributed by atoms with van der Waals surface area (Å²) in [5.74, 6) is -0.416. The third-order valence-corrected chi connectivity index (χ3v) is 6.83. The predicted molar refractivity (Wildman–Crippen MR) is 153 cm³/mol. The van der Waals surface area contributed by atoms with Gasteiger partial charge in [-0.05, 0) is 60.9 Å². The maximum Gasteiger partial charge on any atom is 0.335 e. The highest BCUT2D eigenvalue weighted by Crippen LogP contribution is 2.34. The number of allylic oxidation sites excluding steroid dienone is 1. The molecule has 11 heteroatoms. The summed E-state index contributed by atoms with van der Waals surface area (Å²) < 4.78 is 12.7. The van der Waals surface area contributed by atoms with Crippen molar-refractivity contribution in [2.75, 3.05) is 6.61 Å². The third-order valence-electron chi connectivity index (χ3n) is 5.72. The first-order valence-corrected chi connectivity index (χ1v) is 13.0. The molecule has 0 spiro atoms. The Hall–Kier alpha value is -5.03. The second kappa shape index (κ2) is 12.7. The number of carbonyl (C=O) groups excluding carboxylic acids is 1. The number of nitro benzene ring substituents is 1. The van der Waals surface area contributed by atoms with E-state index in [0.717, 1.165) is 15.8 Å². The van der Waals surface area contributed by atoms with Crippen LogP contribution in [0.2, 0.25) is 0 Å². The van der Waals surface area contributed by atoms with E-state index >= 15 is 0 Å². The first kappa shape index (κ1) is 28.0. The molecule has 4 aromatic rings.